The minimum absolute atomic E-state index is 0.0287. The molecule has 0 atom stereocenters. The average molecular weight is 438 g/mol. The van der Waals surface area contributed by atoms with E-state index in [1.54, 1.807) is 24.1 Å². The number of carbonyl (C=O) groups excluding carboxylic acids is 1. The molecule has 0 saturated carbocycles. The molecule has 1 aliphatic rings. The maximum absolute atomic E-state index is 13.1. The summed E-state index contributed by atoms with van der Waals surface area (Å²) < 4.78 is 29.3. The Hall–Kier alpha value is -3.81. The van der Waals surface area contributed by atoms with Gasteiger partial charge in [0.1, 0.15) is 24.4 Å². The standard InChI is InChI=1S/C24H23FN2O5/c1-30-20-4-2-3-17(13-20)15-31-23-16-32-22(14-21(23)28)24(29)27-11-9-26(10-12-27)19-7-5-18(25)6-8-19/h2-8,13-14,16H,9-12,15H2,1H3. The fourth-order valence-electron chi connectivity index (χ4n) is 3.52. The minimum atomic E-state index is -0.424. The number of carbonyl (C=O) groups is 1. The van der Waals surface area contributed by atoms with Crippen molar-refractivity contribution >= 4 is 11.6 Å². The molecule has 2 heterocycles. The Morgan fingerprint density at radius 2 is 1.81 bits per heavy atom. The summed E-state index contributed by atoms with van der Waals surface area (Å²) in [4.78, 5) is 28.9. The molecule has 1 amide bonds. The quantitative estimate of drug-likeness (QED) is 0.588. The summed E-state index contributed by atoms with van der Waals surface area (Å²) in [5, 5.41) is 0. The molecular weight excluding hydrogens is 415 g/mol. The van der Waals surface area contributed by atoms with Gasteiger partial charge < -0.3 is 23.7 Å². The van der Waals surface area contributed by atoms with Crippen molar-refractivity contribution in [2.45, 2.75) is 6.61 Å². The van der Waals surface area contributed by atoms with Gasteiger partial charge in [0.15, 0.2) is 5.76 Å². The van der Waals surface area contributed by atoms with Gasteiger partial charge in [-0.05, 0) is 42.0 Å². The molecule has 0 aliphatic carbocycles. The molecule has 4 rings (SSSR count). The van der Waals surface area contributed by atoms with Crippen LogP contribution < -0.4 is 19.8 Å². The molecular formula is C24H23FN2O5. The number of methoxy groups -OCH3 is 1. The molecule has 0 bridgehead atoms. The van der Waals surface area contributed by atoms with E-state index in [0.717, 1.165) is 17.3 Å². The van der Waals surface area contributed by atoms with Gasteiger partial charge in [0, 0.05) is 37.9 Å². The summed E-state index contributed by atoms with van der Waals surface area (Å²) in [6, 6.07) is 14.7. The van der Waals surface area contributed by atoms with E-state index in [1.807, 2.05) is 24.3 Å². The predicted molar refractivity (Wildman–Crippen MR) is 117 cm³/mol. The Morgan fingerprint density at radius 1 is 1.06 bits per heavy atom. The van der Waals surface area contributed by atoms with Crippen molar-refractivity contribution in [1.82, 2.24) is 4.90 Å². The largest absolute Gasteiger partial charge is 0.497 e. The van der Waals surface area contributed by atoms with E-state index in [1.165, 1.54) is 18.4 Å². The molecule has 1 fully saturated rings. The molecule has 32 heavy (non-hydrogen) atoms. The lowest BCUT2D eigenvalue weighted by Crippen LogP contribution is -2.48. The van der Waals surface area contributed by atoms with Crippen LogP contribution in [0.15, 0.2) is 70.1 Å². The fraction of sp³-hybridized carbons (Fsp3) is 0.250. The molecule has 1 saturated heterocycles. The molecule has 3 aromatic rings. The second kappa shape index (κ2) is 9.55. The summed E-state index contributed by atoms with van der Waals surface area (Å²) in [6.45, 7) is 2.30. The topological polar surface area (TPSA) is 72.2 Å². The van der Waals surface area contributed by atoms with Crippen LogP contribution in [0.1, 0.15) is 16.1 Å². The van der Waals surface area contributed by atoms with E-state index in [2.05, 4.69) is 4.90 Å². The lowest BCUT2D eigenvalue weighted by atomic mass is 10.2. The van der Waals surface area contributed by atoms with Crippen molar-refractivity contribution in [1.29, 1.82) is 0 Å². The van der Waals surface area contributed by atoms with E-state index in [0.29, 0.717) is 31.9 Å². The summed E-state index contributed by atoms with van der Waals surface area (Å²) in [5.41, 5.74) is 1.32. The van der Waals surface area contributed by atoms with Gasteiger partial charge in [-0.1, -0.05) is 12.1 Å². The van der Waals surface area contributed by atoms with E-state index in [-0.39, 0.29) is 29.8 Å². The van der Waals surface area contributed by atoms with E-state index < -0.39 is 5.43 Å². The average Bonchev–Trinajstić information content (AvgIpc) is 2.83. The van der Waals surface area contributed by atoms with Gasteiger partial charge in [-0.3, -0.25) is 9.59 Å². The number of halogens is 1. The van der Waals surface area contributed by atoms with E-state index in [9.17, 15) is 14.0 Å². The second-order valence-electron chi connectivity index (χ2n) is 7.37. The Bertz CT molecular complexity index is 1140. The summed E-state index contributed by atoms with van der Waals surface area (Å²) in [6.07, 6.45) is 1.17. The van der Waals surface area contributed by atoms with Crippen LogP contribution in [0.2, 0.25) is 0 Å². The van der Waals surface area contributed by atoms with Crippen LogP contribution in [-0.4, -0.2) is 44.1 Å². The highest BCUT2D eigenvalue weighted by Crippen LogP contribution is 2.19. The lowest BCUT2D eigenvalue weighted by Gasteiger charge is -2.35. The zero-order valence-electron chi connectivity index (χ0n) is 17.6. The summed E-state index contributed by atoms with van der Waals surface area (Å²) in [7, 11) is 1.58. The first-order chi connectivity index (χ1) is 15.5. The van der Waals surface area contributed by atoms with Crippen LogP contribution in [0.5, 0.6) is 11.5 Å². The van der Waals surface area contributed by atoms with Gasteiger partial charge in [-0.15, -0.1) is 0 Å². The van der Waals surface area contributed by atoms with Crippen LogP contribution in [0, 0.1) is 5.82 Å². The molecule has 1 aliphatic heterocycles. The van der Waals surface area contributed by atoms with Crippen LogP contribution in [0.25, 0.3) is 0 Å². The van der Waals surface area contributed by atoms with Gasteiger partial charge in [-0.25, -0.2) is 4.39 Å². The Balaban J connectivity index is 1.35. The number of hydrogen-bond donors (Lipinski definition) is 0. The normalized spacial score (nSPS) is 13.7. The Morgan fingerprint density at radius 3 is 2.50 bits per heavy atom. The van der Waals surface area contributed by atoms with Crippen molar-refractivity contribution in [2.24, 2.45) is 0 Å². The number of nitrogens with zero attached hydrogens (tertiary/aromatic N) is 2. The maximum atomic E-state index is 13.1. The van der Waals surface area contributed by atoms with Gasteiger partial charge >= 0.3 is 0 Å². The highest BCUT2D eigenvalue weighted by Gasteiger charge is 2.24. The summed E-state index contributed by atoms with van der Waals surface area (Å²) in [5.74, 6) is 0.0665. The molecule has 0 radical (unpaired) electrons. The summed E-state index contributed by atoms with van der Waals surface area (Å²) >= 11 is 0. The number of amides is 1. The first-order valence-corrected chi connectivity index (χ1v) is 10.2. The lowest BCUT2D eigenvalue weighted by molar-refractivity contribution is 0.0711. The fourth-order valence-corrected chi connectivity index (χ4v) is 3.52. The monoisotopic (exact) mass is 438 g/mol. The van der Waals surface area contributed by atoms with Crippen molar-refractivity contribution in [2.75, 3.05) is 38.2 Å². The molecule has 7 nitrogen and oxygen atoms in total. The third-order valence-electron chi connectivity index (χ3n) is 5.30. The zero-order valence-corrected chi connectivity index (χ0v) is 17.6. The second-order valence-corrected chi connectivity index (χ2v) is 7.37. The van der Waals surface area contributed by atoms with Gasteiger partial charge in [0.05, 0.1) is 7.11 Å². The minimum Gasteiger partial charge on any atom is -0.497 e. The van der Waals surface area contributed by atoms with Crippen LogP contribution in [0.3, 0.4) is 0 Å². The van der Waals surface area contributed by atoms with E-state index in [4.69, 9.17) is 13.9 Å². The van der Waals surface area contributed by atoms with Gasteiger partial charge in [-0.2, -0.15) is 0 Å². The van der Waals surface area contributed by atoms with Crippen molar-refractivity contribution < 1.29 is 23.1 Å². The van der Waals surface area contributed by atoms with Crippen LogP contribution in [0.4, 0.5) is 10.1 Å². The van der Waals surface area contributed by atoms with Crippen molar-refractivity contribution in [3.05, 3.63) is 88.2 Å². The number of rotatable bonds is 6. The molecule has 8 heteroatoms. The van der Waals surface area contributed by atoms with Crippen molar-refractivity contribution in [3.8, 4) is 11.5 Å². The number of ether oxygens (including phenoxy) is 2. The number of piperazine rings is 1. The molecule has 0 unspecified atom stereocenters. The highest BCUT2D eigenvalue weighted by molar-refractivity contribution is 5.91. The Kier molecular flexibility index (Phi) is 6.39. The SMILES string of the molecule is COc1cccc(COc2coc(C(=O)N3CCN(c4ccc(F)cc4)CC3)cc2=O)c1. The van der Waals surface area contributed by atoms with Crippen molar-refractivity contribution in [3.63, 3.8) is 0 Å². The predicted octanol–water partition coefficient (Wildman–Crippen LogP) is 3.33. The first-order valence-electron chi connectivity index (χ1n) is 10.2. The third-order valence-corrected chi connectivity index (χ3v) is 5.30. The number of hydrogen-bond acceptors (Lipinski definition) is 6. The molecule has 0 spiro atoms. The van der Waals surface area contributed by atoms with Crippen LogP contribution in [-0.2, 0) is 6.61 Å². The maximum Gasteiger partial charge on any atom is 0.289 e. The first kappa shape index (κ1) is 21.4. The molecule has 2 aromatic carbocycles. The molecule has 1 aromatic heterocycles. The highest BCUT2D eigenvalue weighted by atomic mass is 19.1. The van der Waals surface area contributed by atoms with Crippen LogP contribution >= 0.6 is 0 Å². The third kappa shape index (κ3) is 4.91. The molecule has 0 N–H and O–H groups in total. The number of anilines is 1. The van der Waals surface area contributed by atoms with E-state index >= 15 is 0 Å². The number of benzene rings is 2. The Labute approximate surface area is 184 Å². The zero-order chi connectivity index (χ0) is 22.5. The molecule has 166 valence electrons. The van der Waals surface area contributed by atoms with Gasteiger partial charge in [0.25, 0.3) is 5.91 Å². The smallest absolute Gasteiger partial charge is 0.289 e. The van der Waals surface area contributed by atoms with Gasteiger partial charge in [0.2, 0.25) is 11.2 Å².